The van der Waals surface area contributed by atoms with Crippen molar-refractivity contribution in [2.24, 2.45) is 0 Å². The molecule has 5 heteroatoms. The predicted molar refractivity (Wildman–Crippen MR) is 87.9 cm³/mol. The van der Waals surface area contributed by atoms with E-state index in [1.54, 1.807) is 30.3 Å². The molecule has 1 heterocycles. The number of phenolic OH excluding ortho intramolecular Hbond substituents is 1. The highest BCUT2D eigenvalue weighted by atomic mass is 16.6. The molecule has 0 aliphatic carbocycles. The van der Waals surface area contributed by atoms with Crippen LogP contribution >= 0.6 is 0 Å². The number of phenols is 1. The van der Waals surface area contributed by atoms with E-state index in [0.29, 0.717) is 24.3 Å². The number of aromatic hydroxyl groups is 1. The number of carbonyl (C=O) groups is 1. The van der Waals surface area contributed by atoms with Crippen molar-refractivity contribution in [2.75, 3.05) is 6.54 Å². The van der Waals surface area contributed by atoms with Crippen LogP contribution in [0.4, 0.5) is 0 Å². The molecule has 0 saturated carbocycles. The van der Waals surface area contributed by atoms with E-state index in [9.17, 15) is 9.90 Å². The zero-order valence-electron chi connectivity index (χ0n) is 12.8. The lowest BCUT2D eigenvalue weighted by Crippen LogP contribution is -2.29. The van der Waals surface area contributed by atoms with Crippen LogP contribution in [0.3, 0.4) is 0 Å². The van der Waals surface area contributed by atoms with E-state index in [1.807, 2.05) is 25.1 Å². The maximum Gasteiger partial charge on any atom is 0.251 e. The molecule has 0 atom stereocenters. The van der Waals surface area contributed by atoms with Crippen LogP contribution < -0.4 is 15.6 Å². The number of hydrogen-bond acceptors (Lipinski definition) is 4. The van der Waals surface area contributed by atoms with Gasteiger partial charge >= 0.3 is 0 Å². The van der Waals surface area contributed by atoms with Gasteiger partial charge < -0.3 is 15.3 Å². The lowest BCUT2D eigenvalue weighted by molar-refractivity contribution is 0.0953. The van der Waals surface area contributed by atoms with Crippen molar-refractivity contribution in [1.82, 2.24) is 10.8 Å². The molecular weight excluding hydrogens is 292 g/mol. The molecule has 0 radical (unpaired) electrons. The quantitative estimate of drug-likeness (QED) is 0.812. The maximum atomic E-state index is 12.0. The summed E-state index contributed by atoms with van der Waals surface area (Å²) in [5.41, 5.74) is 6.28. The first-order valence-electron chi connectivity index (χ1n) is 7.44. The van der Waals surface area contributed by atoms with Crippen LogP contribution in [0.15, 0.2) is 54.2 Å². The Morgan fingerprint density at radius 2 is 2.00 bits per heavy atom. The highest BCUT2D eigenvalue weighted by Gasteiger charge is 2.17. The average molecular weight is 310 g/mol. The molecule has 5 nitrogen and oxygen atoms in total. The lowest BCUT2D eigenvalue weighted by atomic mass is 10.0. The molecule has 2 aromatic rings. The summed E-state index contributed by atoms with van der Waals surface area (Å²) >= 11 is 0. The smallest absolute Gasteiger partial charge is 0.251 e. The molecule has 1 aliphatic heterocycles. The Morgan fingerprint density at radius 3 is 2.78 bits per heavy atom. The SMILES string of the molecule is CC1=C(CCNC(=O)c2ccccc2)NOc2ccc(O)cc21. The van der Waals surface area contributed by atoms with Gasteiger partial charge in [0.1, 0.15) is 5.75 Å². The van der Waals surface area contributed by atoms with Gasteiger partial charge in [-0.15, -0.1) is 0 Å². The molecule has 0 spiro atoms. The topological polar surface area (TPSA) is 70.6 Å². The van der Waals surface area contributed by atoms with Crippen LogP contribution in [-0.4, -0.2) is 17.6 Å². The normalized spacial score (nSPS) is 12.9. The fourth-order valence-corrected chi connectivity index (χ4v) is 2.49. The van der Waals surface area contributed by atoms with Crippen molar-refractivity contribution < 1.29 is 14.7 Å². The number of nitrogens with one attached hydrogen (secondary N) is 2. The summed E-state index contributed by atoms with van der Waals surface area (Å²) in [6, 6.07) is 14.1. The highest BCUT2D eigenvalue weighted by molar-refractivity contribution is 5.94. The summed E-state index contributed by atoms with van der Waals surface area (Å²) < 4.78 is 0. The van der Waals surface area contributed by atoms with Crippen molar-refractivity contribution in [3.05, 3.63) is 65.4 Å². The second-order valence-electron chi connectivity index (χ2n) is 5.36. The van der Waals surface area contributed by atoms with Gasteiger partial charge in [0, 0.05) is 24.1 Å². The molecule has 118 valence electrons. The third-order valence-electron chi connectivity index (χ3n) is 3.80. The van der Waals surface area contributed by atoms with Gasteiger partial charge in [0.25, 0.3) is 5.91 Å². The Hall–Kier alpha value is -2.95. The summed E-state index contributed by atoms with van der Waals surface area (Å²) in [5.74, 6) is 0.779. The van der Waals surface area contributed by atoms with Gasteiger partial charge in [0.2, 0.25) is 0 Å². The first kappa shape index (κ1) is 15.0. The van der Waals surface area contributed by atoms with E-state index in [0.717, 1.165) is 16.8 Å². The molecule has 23 heavy (non-hydrogen) atoms. The Kier molecular flexibility index (Phi) is 4.19. The molecule has 3 N–H and O–H groups in total. The summed E-state index contributed by atoms with van der Waals surface area (Å²) in [4.78, 5) is 17.5. The minimum absolute atomic E-state index is 0.0985. The zero-order chi connectivity index (χ0) is 16.2. The fraction of sp³-hybridized carbons (Fsp3) is 0.167. The van der Waals surface area contributed by atoms with E-state index in [1.165, 1.54) is 0 Å². The van der Waals surface area contributed by atoms with Crippen molar-refractivity contribution >= 4 is 11.5 Å². The number of carbonyl (C=O) groups excluding carboxylic acids is 1. The second-order valence-corrected chi connectivity index (χ2v) is 5.36. The summed E-state index contributed by atoms with van der Waals surface area (Å²) in [6.45, 7) is 2.45. The number of hydroxylamine groups is 1. The van der Waals surface area contributed by atoms with Crippen LogP contribution in [0, 0.1) is 0 Å². The van der Waals surface area contributed by atoms with E-state index in [2.05, 4.69) is 10.8 Å². The molecule has 0 aromatic heterocycles. The lowest BCUT2D eigenvalue weighted by Gasteiger charge is -2.23. The van der Waals surface area contributed by atoms with Crippen molar-refractivity contribution in [1.29, 1.82) is 0 Å². The van der Waals surface area contributed by atoms with Crippen LogP contribution in [0.1, 0.15) is 29.3 Å². The Labute approximate surface area is 134 Å². The van der Waals surface area contributed by atoms with Crippen LogP contribution in [-0.2, 0) is 0 Å². The van der Waals surface area contributed by atoms with Gasteiger partial charge in [-0.25, -0.2) is 5.48 Å². The van der Waals surface area contributed by atoms with E-state index in [4.69, 9.17) is 4.84 Å². The second kappa shape index (κ2) is 6.44. The summed E-state index contributed by atoms with van der Waals surface area (Å²) in [5, 5.41) is 12.5. The van der Waals surface area contributed by atoms with Gasteiger partial charge in [-0.1, -0.05) is 18.2 Å². The Bertz CT molecular complexity index is 754. The number of rotatable bonds is 4. The average Bonchev–Trinajstić information content (AvgIpc) is 2.58. The van der Waals surface area contributed by atoms with E-state index >= 15 is 0 Å². The third kappa shape index (κ3) is 3.29. The van der Waals surface area contributed by atoms with Gasteiger partial charge in [-0.3, -0.25) is 4.79 Å². The van der Waals surface area contributed by atoms with Gasteiger partial charge in [0.15, 0.2) is 5.75 Å². The standard InChI is InChI=1S/C18H18N2O3/c1-12-15-11-14(21)7-8-17(15)23-20-16(12)9-10-19-18(22)13-5-3-2-4-6-13/h2-8,11,20-21H,9-10H2,1H3,(H,19,22). The van der Waals surface area contributed by atoms with E-state index in [-0.39, 0.29) is 11.7 Å². The molecule has 0 bridgehead atoms. The summed E-state index contributed by atoms with van der Waals surface area (Å²) in [6.07, 6.45) is 0.611. The molecule has 0 fully saturated rings. The van der Waals surface area contributed by atoms with Crippen LogP contribution in [0.5, 0.6) is 11.5 Å². The molecule has 1 aliphatic rings. The number of amides is 1. The van der Waals surface area contributed by atoms with Gasteiger partial charge in [-0.2, -0.15) is 0 Å². The minimum Gasteiger partial charge on any atom is -0.508 e. The summed E-state index contributed by atoms with van der Waals surface area (Å²) in [7, 11) is 0. The van der Waals surface area contributed by atoms with Crippen LogP contribution in [0.2, 0.25) is 0 Å². The molecular formula is C18H18N2O3. The van der Waals surface area contributed by atoms with Crippen LogP contribution in [0.25, 0.3) is 5.57 Å². The molecule has 2 aromatic carbocycles. The maximum absolute atomic E-state index is 12.0. The molecule has 0 saturated heterocycles. The number of hydrogen-bond donors (Lipinski definition) is 3. The molecule has 1 amide bonds. The molecule has 0 unspecified atom stereocenters. The largest absolute Gasteiger partial charge is 0.508 e. The van der Waals surface area contributed by atoms with Gasteiger partial charge in [-0.05, 0) is 42.8 Å². The monoisotopic (exact) mass is 310 g/mol. The predicted octanol–water partition coefficient (Wildman–Crippen LogP) is 2.84. The Morgan fingerprint density at radius 1 is 1.22 bits per heavy atom. The molecule has 3 rings (SSSR count). The number of allylic oxidation sites excluding steroid dienone is 1. The highest BCUT2D eigenvalue weighted by Crippen LogP contribution is 2.34. The number of fused-ring (bicyclic) bond motifs is 1. The number of benzene rings is 2. The van der Waals surface area contributed by atoms with Gasteiger partial charge in [0.05, 0.1) is 5.70 Å². The van der Waals surface area contributed by atoms with Crippen molar-refractivity contribution in [3.8, 4) is 11.5 Å². The third-order valence-corrected chi connectivity index (χ3v) is 3.80. The Balaban J connectivity index is 1.64. The zero-order valence-corrected chi connectivity index (χ0v) is 12.8. The minimum atomic E-state index is -0.0985. The first-order chi connectivity index (χ1) is 11.1. The van der Waals surface area contributed by atoms with Crippen molar-refractivity contribution in [3.63, 3.8) is 0 Å². The fourth-order valence-electron chi connectivity index (χ4n) is 2.49. The first-order valence-corrected chi connectivity index (χ1v) is 7.44. The van der Waals surface area contributed by atoms with E-state index < -0.39 is 0 Å². The van der Waals surface area contributed by atoms with Crippen molar-refractivity contribution in [2.45, 2.75) is 13.3 Å².